The molecule has 14 heavy (non-hydrogen) atoms. The number of anilines is 1. The Morgan fingerprint density at radius 1 is 1.36 bits per heavy atom. The molecule has 5 nitrogen and oxygen atoms in total. The Morgan fingerprint density at radius 2 is 1.86 bits per heavy atom. The van der Waals surface area contributed by atoms with Crippen LogP contribution in [0.5, 0.6) is 0 Å². The van der Waals surface area contributed by atoms with Crippen LogP contribution in [0, 0.1) is 0 Å². The first-order valence-corrected chi connectivity index (χ1v) is 5.52. The van der Waals surface area contributed by atoms with Crippen LogP contribution in [0.2, 0.25) is 0 Å². The highest BCUT2D eigenvalue weighted by atomic mass is 32.2. The van der Waals surface area contributed by atoms with Gasteiger partial charge in [-0.1, -0.05) is 12.1 Å². The maximum atomic E-state index is 10.6. The first-order chi connectivity index (χ1) is 6.38. The second-order valence-electron chi connectivity index (χ2n) is 2.95. The average molecular weight is 216 g/mol. The van der Waals surface area contributed by atoms with Gasteiger partial charge in [0.2, 0.25) is 0 Å². The predicted octanol–water partition coefficient (Wildman–Crippen LogP) is 0.355. The van der Waals surface area contributed by atoms with Gasteiger partial charge in [-0.3, -0.25) is 4.72 Å². The molecule has 0 aliphatic heterocycles. The first kappa shape index (κ1) is 11.0. The SMILES string of the molecule is CC(O)c1ccc(NS(N)(=O)=O)cc1. The van der Waals surface area contributed by atoms with Crippen molar-refractivity contribution >= 4 is 15.9 Å². The summed E-state index contributed by atoms with van der Waals surface area (Å²) in [6.07, 6.45) is -0.571. The minimum Gasteiger partial charge on any atom is -0.389 e. The number of hydrogen-bond acceptors (Lipinski definition) is 3. The quantitative estimate of drug-likeness (QED) is 0.681. The van der Waals surface area contributed by atoms with Crippen LogP contribution in [-0.2, 0) is 10.2 Å². The lowest BCUT2D eigenvalue weighted by molar-refractivity contribution is 0.199. The van der Waals surface area contributed by atoms with Gasteiger partial charge in [0.15, 0.2) is 0 Å². The van der Waals surface area contributed by atoms with Crippen LogP contribution in [0.15, 0.2) is 24.3 Å². The fourth-order valence-corrected chi connectivity index (χ4v) is 1.46. The summed E-state index contributed by atoms with van der Waals surface area (Å²) < 4.78 is 23.4. The molecule has 0 spiro atoms. The van der Waals surface area contributed by atoms with E-state index in [0.717, 1.165) is 0 Å². The zero-order chi connectivity index (χ0) is 10.8. The number of aliphatic hydroxyl groups excluding tert-OH is 1. The molecule has 1 unspecified atom stereocenters. The number of aliphatic hydroxyl groups is 1. The zero-order valence-corrected chi connectivity index (χ0v) is 8.45. The molecule has 1 rings (SSSR count). The van der Waals surface area contributed by atoms with Crippen LogP contribution in [0.25, 0.3) is 0 Å². The highest BCUT2D eigenvalue weighted by Crippen LogP contribution is 2.15. The van der Waals surface area contributed by atoms with Gasteiger partial charge in [-0.2, -0.15) is 8.42 Å². The lowest BCUT2D eigenvalue weighted by atomic mass is 10.1. The minimum absolute atomic E-state index is 0.372. The minimum atomic E-state index is -3.72. The molecular formula is C8H12N2O3S. The summed E-state index contributed by atoms with van der Waals surface area (Å²) >= 11 is 0. The Labute approximate surface area is 82.7 Å². The van der Waals surface area contributed by atoms with Crippen LogP contribution in [0.4, 0.5) is 5.69 Å². The summed E-state index contributed by atoms with van der Waals surface area (Å²) in [5.74, 6) is 0. The van der Waals surface area contributed by atoms with Crippen molar-refractivity contribution in [3.05, 3.63) is 29.8 Å². The van der Waals surface area contributed by atoms with E-state index >= 15 is 0 Å². The van der Waals surface area contributed by atoms with Gasteiger partial charge in [-0.15, -0.1) is 0 Å². The summed E-state index contributed by atoms with van der Waals surface area (Å²) in [7, 11) is -3.72. The summed E-state index contributed by atoms with van der Waals surface area (Å²) in [4.78, 5) is 0. The number of hydrogen-bond donors (Lipinski definition) is 3. The van der Waals surface area contributed by atoms with E-state index in [1.165, 1.54) is 12.1 Å². The van der Waals surface area contributed by atoms with Crippen molar-refractivity contribution in [2.24, 2.45) is 5.14 Å². The molecule has 78 valence electrons. The maximum absolute atomic E-state index is 10.6. The standard InChI is InChI=1S/C8H12N2O3S/c1-6(11)7-2-4-8(5-3-7)10-14(9,12)13/h2-6,10-11H,1H3,(H2,9,12,13). The van der Waals surface area contributed by atoms with Gasteiger partial charge in [0, 0.05) is 5.69 Å². The Kier molecular flexibility index (Phi) is 3.10. The van der Waals surface area contributed by atoms with Gasteiger partial charge in [-0.05, 0) is 24.6 Å². The average Bonchev–Trinajstić information content (AvgIpc) is 2.02. The molecule has 4 N–H and O–H groups in total. The smallest absolute Gasteiger partial charge is 0.296 e. The van der Waals surface area contributed by atoms with Crippen LogP contribution >= 0.6 is 0 Å². The van der Waals surface area contributed by atoms with Crippen LogP contribution in [0.1, 0.15) is 18.6 Å². The van der Waals surface area contributed by atoms with Gasteiger partial charge in [0.1, 0.15) is 0 Å². The number of nitrogens with one attached hydrogen (secondary N) is 1. The molecule has 1 aromatic carbocycles. The van der Waals surface area contributed by atoms with Crippen molar-refractivity contribution in [1.29, 1.82) is 0 Å². The molecule has 0 aromatic heterocycles. The van der Waals surface area contributed by atoms with Gasteiger partial charge >= 0.3 is 0 Å². The van der Waals surface area contributed by atoms with Crippen molar-refractivity contribution in [2.45, 2.75) is 13.0 Å². The third-order valence-corrected chi connectivity index (χ3v) is 2.17. The third kappa shape index (κ3) is 3.33. The lowest BCUT2D eigenvalue weighted by Crippen LogP contribution is -2.21. The second-order valence-corrected chi connectivity index (χ2v) is 4.24. The second kappa shape index (κ2) is 3.95. The normalized spacial score (nSPS) is 13.6. The van der Waals surface area contributed by atoms with Crippen LogP contribution in [-0.4, -0.2) is 13.5 Å². The zero-order valence-electron chi connectivity index (χ0n) is 7.64. The van der Waals surface area contributed by atoms with Crippen molar-refractivity contribution < 1.29 is 13.5 Å². The summed E-state index contributed by atoms with van der Waals surface area (Å²) in [5, 5.41) is 14.0. The molecule has 1 aromatic rings. The molecule has 0 aliphatic rings. The van der Waals surface area contributed by atoms with E-state index in [4.69, 9.17) is 5.14 Å². The Balaban J connectivity index is 2.84. The number of rotatable bonds is 3. The summed E-state index contributed by atoms with van der Waals surface area (Å²) in [6.45, 7) is 1.63. The predicted molar refractivity (Wildman–Crippen MR) is 53.8 cm³/mol. The largest absolute Gasteiger partial charge is 0.389 e. The third-order valence-electron chi connectivity index (χ3n) is 1.65. The molecule has 0 aliphatic carbocycles. The van der Waals surface area contributed by atoms with Gasteiger partial charge in [0.25, 0.3) is 10.2 Å². The molecule has 0 bridgehead atoms. The van der Waals surface area contributed by atoms with E-state index in [2.05, 4.69) is 4.72 Å². The fourth-order valence-electron chi connectivity index (χ4n) is 0.994. The molecule has 0 amide bonds. The van der Waals surface area contributed by atoms with E-state index in [-0.39, 0.29) is 0 Å². The van der Waals surface area contributed by atoms with E-state index < -0.39 is 16.3 Å². The Morgan fingerprint density at radius 3 is 2.21 bits per heavy atom. The van der Waals surface area contributed by atoms with E-state index in [9.17, 15) is 13.5 Å². The topological polar surface area (TPSA) is 92.4 Å². The van der Waals surface area contributed by atoms with Gasteiger partial charge in [0.05, 0.1) is 6.10 Å². The molecule has 0 fully saturated rings. The maximum Gasteiger partial charge on any atom is 0.296 e. The monoisotopic (exact) mass is 216 g/mol. The van der Waals surface area contributed by atoms with Crippen molar-refractivity contribution in [2.75, 3.05) is 4.72 Å². The van der Waals surface area contributed by atoms with Crippen molar-refractivity contribution in [3.8, 4) is 0 Å². The summed E-state index contributed by atoms with van der Waals surface area (Å²) in [5.41, 5.74) is 1.09. The number of nitrogens with two attached hydrogens (primary N) is 1. The van der Waals surface area contributed by atoms with Gasteiger partial charge in [-0.25, -0.2) is 5.14 Å². The molecule has 0 saturated heterocycles. The lowest BCUT2D eigenvalue weighted by Gasteiger charge is -2.06. The van der Waals surface area contributed by atoms with Crippen LogP contribution in [0.3, 0.4) is 0 Å². The first-order valence-electron chi connectivity index (χ1n) is 3.97. The van der Waals surface area contributed by atoms with Crippen LogP contribution < -0.4 is 9.86 Å². The molecule has 0 saturated carbocycles. The fraction of sp³-hybridized carbons (Fsp3) is 0.250. The summed E-state index contributed by atoms with van der Waals surface area (Å²) in [6, 6.07) is 6.31. The molecule has 0 radical (unpaired) electrons. The van der Waals surface area contributed by atoms with Crippen molar-refractivity contribution in [3.63, 3.8) is 0 Å². The molecule has 1 atom stereocenters. The number of benzene rings is 1. The van der Waals surface area contributed by atoms with E-state index in [1.807, 2.05) is 0 Å². The molecule has 0 heterocycles. The Bertz CT molecular complexity index is 397. The Hall–Kier alpha value is -1.11. The highest BCUT2D eigenvalue weighted by Gasteiger charge is 2.03. The van der Waals surface area contributed by atoms with Gasteiger partial charge < -0.3 is 5.11 Å². The highest BCUT2D eigenvalue weighted by molar-refractivity contribution is 7.90. The molecular weight excluding hydrogens is 204 g/mol. The van der Waals surface area contributed by atoms with E-state index in [0.29, 0.717) is 11.3 Å². The van der Waals surface area contributed by atoms with Crippen molar-refractivity contribution in [1.82, 2.24) is 0 Å². The molecule has 6 heteroatoms. The van der Waals surface area contributed by atoms with E-state index in [1.54, 1.807) is 19.1 Å².